The van der Waals surface area contributed by atoms with Gasteiger partial charge < -0.3 is 4.74 Å². The van der Waals surface area contributed by atoms with E-state index in [0.717, 1.165) is 12.1 Å². The van der Waals surface area contributed by atoms with Gasteiger partial charge >= 0.3 is 6.18 Å². The van der Waals surface area contributed by atoms with Gasteiger partial charge in [-0.3, -0.25) is 0 Å². The molecule has 0 saturated carbocycles. The third kappa shape index (κ3) is 3.48. The van der Waals surface area contributed by atoms with Crippen LogP contribution >= 0.6 is 0 Å². The van der Waals surface area contributed by atoms with E-state index in [1.165, 1.54) is 24.4 Å². The fourth-order valence-corrected chi connectivity index (χ4v) is 1.53. The number of halogens is 3. The summed E-state index contributed by atoms with van der Waals surface area (Å²) in [4.78, 5) is 3.87. The van der Waals surface area contributed by atoms with E-state index in [9.17, 15) is 13.2 Å². The van der Waals surface area contributed by atoms with Crippen LogP contribution in [0.25, 0.3) is 0 Å². The molecule has 0 aliphatic carbocycles. The Labute approximate surface area is 113 Å². The first-order valence-corrected chi connectivity index (χ1v) is 5.64. The predicted octanol–water partition coefficient (Wildman–Crippen LogP) is 3.55. The Hall–Kier alpha value is -2.55. The standard InChI is InChI=1S/C14H9F3N2O/c15-14(16,17)12-3-1-2-10(6-12)9-20-13-5-4-11(7-18)8-19-13/h1-6,8H,9H2. The summed E-state index contributed by atoms with van der Waals surface area (Å²) in [6, 6.07) is 9.83. The number of hydrogen-bond donors (Lipinski definition) is 0. The molecule has 0 aliphatic rings. The molecule has 0 bridgehead atoms. The van der Waals surface area contributed by atoms with Crippen LogP contribution in [0.5, 0.6) is 5.88 Å². The maximum Gasteiger partial charge on any atom is 0.416 e. The van der Waals surface area contributed by atoms with Crippen LogP contribution in [-0.4, -0.2) is 4.98 Å². The number of aromatic nitrogens is 1. The second kappa shape index (κ2) is 5.61. The maximum atomic E-state index is 12.5. The molecule has 0 N–H and O–H groups in total. The van der Waals surface area contributed by atoms with Gasteiger partial charge in [-0.2, -0.15) is 18.4 Å². The quantitative estimate of drug-likeness (QED) is 0.862. The van der Waals surface area contributed by atoms with Crippen molar-refractivity contribution in [3.8, 4) is 11.9 Å². The molecule has 0 radical (unpaired) electrons. The molecule has 0 atom stereocenters. The molecule has 0 amide bonds. The monoisotopic (exact) mass is 278 g/mol. The molecule has 2 rings (SSSR count). The number of hydrogen-bond acceptors (Lipinski definition) is 3. The van der Waals surface area contributed by atoms with Crippen LogP contribution in [0.3, 0.4) is 0 Å². The fourth-order valence-electron chi connectivity index (χ4n) is 1.53. The number of alkyl halides is 3. The van der Waals surface area contributed by atoms with E-state index in [4.69, 9.17) is 10.00 Å². The molecular formula is C14H9F3N2O. The Morgan fingerprint density at radius 2 is 2.00 bits per heavy atom. The normalized spacial score (nSPS) is 10.9. The van der Waals surface area contributed by atoms with Crippen molar-refractivity contribution in [3.05, 3.63) is 59.3 Å². The molecule has 0 fully saturated rings. The first kappa shape index (κ1) is 13.9. The molecule has 102 valence electrons. The van der Waals surface area contributed by atoms with Crippen LogP contribution in [0.2, 0.25) is 0 Å². The lowest BCUT2D eigenvalue weighted by Crippen LogP contribution is -2.06. The Kier molecular flexibility index (Phi) is 3.89. The highest BCUT2D eigenvalue weighted by Crippen LogP contribution is 2.29. The molecule has 3 nitrogen and oxygen atoms in total. The third-order valence-corrected chi connectivity index (χ3v) is 2.51. The molecule has 0 aliphatic heterocycles. The number of ether oxygens (including phenoxy) is 1. The van der Waals surface area contributed by atoms with Crippen molar-refractivity contribution >= 4 is 0 Å². The van der Waals surface area contributed by atoms with Gasteiger partial charge in [-0.05, 0) is 23.8 Å². The van der Waals surface area contributed by atoms with Crippen LogP contribution in [0.15, 0.2) is 42.6 Å². The number of nitrogens with zero attached hydrogens (tertiary/aromatic N) is 2. The van der Waals surface area contributed by atoms with Crippen molar-refractivity contribution in [1.29, 1.82) is 5.26 Å². The lowest BCUT2D eigenvalue weighted by atomic mass is 10.1. The summed E-state index contributed by atoms with van der Waals surface area (Å²) >= 11 is 0. The molecule has 0 saturated heterocycles. The smallest absolute Gasteiger partial charge is 0.416 e. The van der Waals surface area contributed by atoms with Crippen molar-refractivity contribution in [2.45, 2.75) is 12.8 Å². The average molecular weight is 278 g/mol. The third-order valence-electron chi connectivity index (χ3n) is 2.51. The highest BCUT2D eigenvalue weighted by Gasteiger charge is 2.30. The largest absolute Gasteiger partial charge is 0.473 e. The lowest BCUT2D eigenvalue weighted by Gasteiger charge is -2.09. The molecule has 0 spiro atoms. The molecule has 20 heavy (non-hydrogen) atoms. The molecule has 6 heteroatoms. The minimum Gasteiger partial charge on any atom is -0.473 e. The van der Waals surface area contributed by atoms with Gasteiger partial charge in [0.2, 0.25) is 5.88 Å². The van der Waals surface area contributed by atoms with Gasteiger partial charge in [-0.1, -0.05) is 12.1 Å². The van der Waals surface area contributed by atoms with E-state index < -0.39 is 11.7 Å². The van der Waals surface area contributed by atoms with Crippen molar-refractivity contribution < 1.29 is 17.9 Å². The summed E-state index contributed by atoms with van der Waals surface area (Å²) in [5, 5.41) is 8.61. The number of nitriles is 1. The van der Waals surface area contributed by atoms with Crippen LogP contribution in [0.1, 0.15) is 16.7 Å². The molecule has 1 aromatic carbocycles. The number of pyridine rings is 1. The van der Waals surface area contributed by atoms with E-state index in [1.54, 1.807) is 6.07 Å². The predicted molar refractivity (Wildman–Crippen MR) is 64.7 cm³/mol. The Morgan fingerprint density at radius 3 is 2.60 bits per heavy atom. The van der Waals surface area contributed by atoms with Gasteiger partial charge in [-0.15, -0.1) is 0 Å². The highest BCUT2D eigenvalue weighted by atomic mass is 19.4. The van der Waals surface area contributed by atoms with E-state index in [2.05, 4.69) is 4.98 Å². The number of benzene rings is 1. The second-order valence-corrected chi connectivity index (χ2v) is 3.98. The summed E-state index contributed by atoms with van der Waals surface area (Å²) < 4.78 is 42.9. The van der Waals surface area contributed by atoms with Crippen molar-refractivity contribution in [2.75, 3.05) is 0 Å². The van der Waals surface area contributed by atoms with Gasteiger partial charge in [0.1, 0.15) is 12.7 Å². The summed E-state index contributed by atoms with van der Waals surface area (Å²) in [6.45, 7) is -0.0250. The summed E-state index contributed by atoms with van der Waals surface area (Å²) in [5.74, 6) is 0.251. The molecular weight excluding hydrogens is 269 g/mol. The summed E-state index contributed by atoms with van der Waals surface area (Å²) in [5.41, 5.74) is 0.0637. The first-order valence-electron chi connectivity index (χ1n) is 5.64. The summed E-state index contributed by atoms with van der Waals surface area (Å²) in [7, 11) is 0. The zero-order valence-corrected chi connectivity index (χ0v) is 10.2. The van der Waals surface area contributed by atoms with Crippen LogP contribution in [0.4, 0.5) is 13.2 Å². The van der Waals surface area contributed by atoms with E-state index >= 15 is 0 Å². The minimum atomic E-state index is -4.37. The topological polar surface area (TPSA) is 45.9 Å². The van der Waals surface area contributed by atoms with E-state index in [1.807, 2.05) is 6.07 Å². The zero-order chi connectivity index (χ0) is 14.6. The van der Waals surface area contributed by atoms with Crippen LogP contribution < -0.4 is 4.74 Å². The van der Waals surface area contributed by atoms with Crippen LogP contribution in [0, 0.1) is 11.3 Å². The van der Waals surface area contributed by atoms with Crippen molar-refractivity contribution in [1.82, 2.24) is 4.98 Å². The molecule has 1 aromatic heterocycles. The maximum absolute atomic E-state index is 12.5. The SMILES string of the molecule is N#Cc1ccc(OCc2cccc(C(F)(F)F)c2)nc1. The van der Waals surface area contributed by atoms with Gasteiger partial charge in [0.05, 0.1) is 11.1 Å². The Morgan fingerprint density at radius 1 is 1.20 bits per heavy atom. The average Bonchev–Trinajstić information content (AvgIpc) is 2.45. The van der Waals surface area contributed by atoms with Gasteiger partial charge in [-0.25, -0.2) is 4.98 Å². The lowest BCUT2D eigenvalue weighted by molar-refractivity contribution is -0.137. The molecule has 2 aromatic rings. The highest BCUT2D eigenvalue weighted by molar-refractivity contribution is 5.29. The Balaban J connectivity index is 2.05. The van der Waals surface area contributed by atoms with Gasteiger partial charge in [0.15, 0.2) is 0 Å². The number of rotatable bonds is 3. The first-order chi connectivity index (χ1) is 9.49. The minimum absolute atomic E-state index is 0.0250. The van der Waals surface area contributed by atoms with Crippen molar-refractivity contribution in [2.24, 2.45) is 0 Å². The fraction of sp³-hybridized carbons (Fsp3) is 0.143. The van der Waals surface area contributed by atoms with Gasteiger partial charge in [0, 0.05) is 12.3 Å². The molecule has 1 heterocycles. The molecule has 0 unspecified atom stereocenters. The summed E-state index contributed by atoms with van der Waals surface area (Å²) in [6.07, 6.45) is -3.04. The Bertz CT molecular complexity index is 630. The van der Waals surface area contributed by atoms with Crippen LogP contribution in [-0.2, 0) is 12.8 Å². The zero-order valence-electron chi connectivity index (χ0n) is 10.2. The van der Waals surface area contributed by atoms with Crippen molar-refractivity contribution in [3.63, 3.8) is 0 Å². The van der Waals surface area contributed by atoms with Gasteiger partial charge in [0.25, 0.3) is 0 Å². The van der Waals surface area contributed by atoms with E-state index in [0.29, 0.717) is 11.1 Å². The second-order valence-electron chi connectivity index (χ2n) is 3.98. The van der Waals surface area contributed by atoms with E-state index in [-0.39, 0.29) is 12.5 Å².